The van der Waals surface area contributed by atoms with Gasteiger partial charge in [0.1, 0.15) is 17.0 Å². The number of aliphatic hydroxyl groups is 1. The lowest BCUT2D eigenvalue weighted by molar-refractivity contribution is -0.145. The smallest absolute Gasteiger partial charge is 0.344 e. The van der Waals surface area contributed by atoms with E-state index in [0.29, 0.717) is 29.7 Å². The number of carbonyl (C=O) groups excluding carboxylic acids is 1. The van der Waals surface area contributed by atoms with Crippen molar-refractivity contribution in [2.24, 2.45) is 0 Å². The highest BCUT2D eigenvalue weighted by atomic mass is 35.5. The molecule has 1 heterocycles. The number of fused-ring (bicyclic) bond motifs is 1. The van der Waals surface area contributed by atoms with Gasteiger partial charge in [0.05, 0.1) is 12.3 Å². The van der Waals surface area contributed by atoms with E-state index < -0.39 is 6.10 Å². The van der Waals surface area contributed by atoms with Crippen molar-refractivity contribution >= 4 is 17.6 Å². The lowest BCUT2D eigenvalue weighted by Gasteiger charge is -2.27. The molecule has 2 N–H and O–H groups in total. The summed E-state index contributed by atoms with van der Waals surface area (Å²) in [6.07, 6.45) is 2.07. The number of nitrogens with zero attached hydrogens (tertiary/aromatic N) is 1. The van der Waals surface area contributed by atoms with Crippen LogP contribution in [0, 0.1) is 0 Å². The SMILES string of the molecule is CCOC(=O)COc1ccc2c(c1)C[C@@H](NC[C@H](O)c1cccc(Cl)n1)CC2. The molecule has 2 atom stereocenters. The van der Waals surface area contributed by atoms with Gasteiger partial charge in [0.25, 0.3) is 0 Å². The van der Waals surface area contributed by atoms with Crippen LogP contribution in [-0.4, -0.2) is 41.9 Å². The Morgan fingerprint density at radius 1 is 1.36 bits per heavy atom. The van der Waals surface area contributed by atoms with Crippen LogP contribution in [0.3, 0.4) is 0 Å². The minimum atomic E-state index is -0.709. The van der Waals surface area contributed by atoms with Crippen LogP contribution >= 0.6 is 11.6 Å². The van der Waals surface area contributed by atoms with Gasteiger partial charge in [-0.25, -0.2) is 9.78 Å². The number of hydrogen-bond donors (Lipinski definition) is 2. The Hall–Kier alpha value is -2.15. The normalized spacial score (nSPS) is 16.9. The summed E-state index contributed by atoms with van der Waals surface area (Å²) >= 11 is 5.89. The van der Waals surface area contributed by atoms with Crippen molar-refractivity contribution in [3.8, 4) is 5.75 Å². The number of ether oxygens (including phenoxy) is 2. The minimum absolute atomic E-state index is 0.0901. The number of esters is 1. The first kappa shape index (κ1) is 20.6. The molecule has 0 unspecified atom stereocenters. The van der Waals surface area contributed by atoms with Crippen LogP contribution in [0.25, 0.3) is 0 Å². The average molecular weight is 405 g/mol. The van der Waals surface area contributed by atoms with Gasteiger partial charge in [-0.15, -0.1) is 0 Å². The molecular weight excluding hydrogens is 380 g/mol. The van der Waals surface area contributed by atoms with Gasteiger partial charge < -0.3 is 19.9 Å². The molecule has 1 aromatic heterocycles. The van der Waals surface area contributed by atoms with Crippen molar-refractivity contribution < 1.29 is 19.4 Å². The van der Waals surface area contributed by atoms with Crippen molar-refractivity contribution in [1.82, 2.24) is 10.3 Å². The van der Waals surface area contributed by atoms with E-state index in [1.54, 1.807) is 25.1 Å². The molecule has 0 amide bonds. The molecule has 2 aromatic rings. The zero-order chi connectivity index (χ0) is 19.9. The third kappa shape index (κ3) is 5.67. The fourth-order valence-corrected chi connectivity index (χ4v) is 3.51. The molecule has 1 aliphatic rings. The highest BCUT2D eigenvalue weighted by Gasteiger charge is 2.20. The Bertz CT molecular complexity index is 815. The molecule has 6 nitrogen and oxygen atoms in total. The van der Waals surface area contributed by atoms with Crippen molar-refractivity contribution in [3.63, 3.8) is 0 Å². The third-order valence-corrected chi connectivity index (χ3v) is 4.96. The van der Waals surface area contributed by atoms with Gasteiger partial charge >= 0.3 is 5.97 Å². The molecule has 0 fully saturated rings. The van der Waals surface area contributed by atoms with E-state index in [9.17, 15) is 9.90 Å². The Balaban J connectivity index is 1.54. The van der Waals surface area contributed by atoms with Crippen LogP contribution in [0.5, 0.6) is 5.75 Å². The predicted molar refractivity (Wildman–Crippen MR) is 107 cm³/mol. The summed E-state index contributed by atoms with van der Waals surface area (Å²) in [6, 6.07) is 11.4. The largest absolute Gasteiger partial charge is 0.482 e. The zero-order valence-corrected chi connectivity index (χ0v) is 16.6. The number of aromatic nitrogens is 1. The second-order valence-corrected chi connectivity index (χ2v) is 7.16. The molecule has 0 aliphatic heterocycles. The maximum absolute atomic E-state index is 11.4. The molecule has 7 heteroatoms. The summed E-state index contributed by atoms with van der Waals surface area (Å²) in [5.74, 6) is 0.291. The number of benzene rings is 1. The molecule has 3 rings (SSSR count). The van der Waals surface area contributed by atoms with E-state index in [1.807, 2.05) is 12.1 Å². The van der Waals surface area contributed by atoms with Gasteiger partial charge in [-0.1, -0.05) is 23.7 Å². The number of carbonyl (C=O) groups is 1. The summed E-state index contributed by atoms with van der Waals surface area (Å²) in [7, 11) is 0. The topological polar surface area (TPSA) is 80.7 Å². The Labute approximate surface area is 169 Å². The minimum Gasteiger partial charge on any atom is -0.482 e. The van der Waals surface area contributed by atoms with Gasteiger partial charge in [-0.3, -0.25) is 0 Å². The first-order valence-electron chi connectivity index (χ1n) is 9.49. The quantitative estimate of drug-likeness (QED) is 0.520. The number of hydrogen-bond acceptors (Lipinski definition) is 6. The molecule has 0 saturated heterocycles. The molecule has 28 heavy (non-hydrogen) atoms. The van der Waals surface area contributed by atoms with Crippen molar-refractivity contribution in [3.05, 3.63) is 58.4 Å². The highest BCUT2D eigenvalue weighted by molar-refractivity contribution is 6.29. The van der Waals surface area contributed by atoms with Crippen LogP contribution in [0.2, 0.25) is 5.15 Å². The number of pyridine rings is 1. The standard InChI is InChI=1S/C21H25ClN2O4/c1-2-27-21(26)13-28-17-9-7-14-6-8-16(10-15(14)11-17)23-12-19(25)18-4-3-5-20(22)24-18/h3-5,7,9,11,16,19,23,25H,2,6,8,10,12-13H2,1H3/t16-,19-/m0/s1. The van der Waals surface area contributed by atoms with Crippen LogP contribution in [0.15, 0.2) is 36.4 Å². The summed E-state index contributed by atoms with van der Waals surface area (Å²) in [6.45, 7) is 2.43. The highest BCUT2D eigenvalue weighted by Crippen LogP contribution is 2.26. The number of halogens is 1. The van der Waals surface area contributed by atoms with Gasteiger partial charge in [0.15, 0.2) is 6.61 Å². The summed E-state index contributed by atoms with van der Waals surface area (Å²) in [5, 5.41) is 14.1. The molecule has 1 aromatic carbocycles. The molecule has 0 spiro atoms. The Morgan fingerprint density at radius 2 is 2.21 bits per heavy atom. The number of nitrogens with one attached hydrogen (secondary N) is 1. The first-order valence-corrected chi connectivity index (χ1v) is 9.87. The summed E-state index contributed by atoms with van der Waals surface area (Å²) in [4.78, 5) is 15.6. The van der Waals surface area contributed by atoms with Gasteiger partial charge in [0.2, 0.25) is 0 Å². The van der Waals surface area contributed by atoms with Crippen LogP contribution < -0.4 is 10.1 Å². The van der Waals surface area contributed by atoms with Crippen molar-refractivity contribution in [1.29, 1.82) is 0 Å². The van der Waals surface area contributed by atoms with Crippen LogP contribution in [0.1, 0.15) is 36.3 Å². The van der Waals surface area contributed by atoms with E-state index in [2.05, 4.69) is 16.4 Å². The molecule has 0 radical (unpaired) electrons. The maximum atomic E-state index is 11.4. The fraction of sp³-hybridized carbons (Fsp3) is 0.429. The second-order valence-electron chi connectivity index (χ2n) is 6.77. The van der Waals surface area contributed by atoms with Gasteiger partial charge in [0, 0.05) is 12.6 Å². The molecular formula is C21H25ClN2O4. The summed E-state index contributed by atoms with van der Waals surface area (Å²) < 4.78 is 10.4. The Morgan fingerprint density at radius 3 is 3.00 bits per heavy atom. The Kier molecular flexibility index (Phi) is 7.25. The molecule has 1 aliphatic carbocycles. The monoisotopic (exact) mass is 404 g/mol. The first-order chi connectivity index (χ1) is 13.5. The van der Waals surface area contributed by atoms with E-state index in [4.69, 9.17) is 21.1 Å². The van der Waals surface area contributed by atoms with Crippen molar-refractivity contribution in [2.75, 3.05) is 19.8 Å². The molecule has 0 saturated carbocycles. The lowest BCUT2D eigenvalue weighted by Crippen LogP contribution is -2.37. The fourth-order valence-electron chi connectivity index (χ4n) is 3.33. The predicted octanol–water partition coefficient (Wildman–Crippen LogP) is 2.86. The lowest BCUT2D eigenvalue weighted by atomic mass is 9.88. The van der Waals surface area contributed by atoms with E-state index in [0.717, 1.165) is 19.3 Å². The van der Waals surface area contributed by atoms with Gasteiger partial charge in [-0.05, 0) is 61.6 Å². The average Bonchev–Trinajstić information content (AvgIpc) is 2.70. The number of rotatable bonds is 8. The zero-order valence-electron chi connectivity index (χ0n) is 15.9. The van der Waals surface area contributed by atoms with Crippen LogP contribution in [0.4, 0.5) is 0 Å². The summed E-state index contributed by atoms with van der Waals surface area (Å²) in [5.41, 5.74) is 3.05. The van der Waals surface area contributed by atoms with Crippen LogP contribution in [-0.2, 0) is 22.4 Å². The number of aliphatic hydroxyl groups excluding tert-OH is 1. The number of aryl methyl sites for hydroxylation is 1. The molecule has 150 valence electrons. The third-order valence-electron chi connectivity index (χ3n) is 4.75. The van der Waals surface area contributed by atoms with E-state index >= 15 is 0 Å². The van der Waals surface area contributed by atoms with Crippen molar-refractivity contribution in [2.45, 2.75) is 38.3 Å². The van der Waals surface area contributed by atoms with Gasteiger partial charge in [-0.2, -0.15) is 0 Å². The van der Waals surface area contributed by atoms with E-state index in [1.165, 1.54) is 11.1 Å². The van der Waals surface area contributed by atoms with E-state index in [-0.39, 0.29) is 18.6 Å². The second kappa shape index (κ2) is 9.87. The molecule has 0 bridgehead atoms. The maximum Gasteiger partial charge on any atom is 0.344 e.